The third-order valence-electron chi connectivity index (χ3n) is 4.69. The van der Waals surface area contributed by atoms with E-state index in [1.165, 1.54) is 37.0 Å². The van der Waals surface area contributed by atoms with Crippen molar-refractivity contribution in [3.05, 3.63) is 22.4 Å². The van der Waals surface area contributed by atoms with Gasteiger partial charge in [0.2, 0.25) is 0 Å². The van der Waals surface area contributed by atoms with Crippen molar-refractivity contribution in [1.29, 1.82) is 0 Å². The summed E-state index contributed by atoms with van der Waals surface area (Å²) in [6, 6.07) is 4.84. The molecule has 1 aromatic rings. The number of aliphatic hydroxyl groups is 1. The van der Waals surface area contributed by atoms with Crippen LogP contribution in [0.15, 0.2) is 17.5 Å². The van der Waals surface area contributed by atoms with E-state index in [1.54, 1.807) is 11.3 Å². The fraction of sp³-hybridized carbons (Fsp3) is 0.750. The number of rotatable bonds is 7. The molecule has 1 aromatic heterocycles. The normalized spacial score (nSPS) is 25.8. The summed E-state index contributed by atoms with van der Waals surface area (Å²) in [5.41, 5.74) is 0. The molecule has 112 valence electrons. The highest BCUT2D eigenvalue weighted by atomic mass is 32.1. The maximum Gasteiger partial charge on any atom is 0.0900 e. The molecule has 2 heterocycles. The molecule has 2 atom stereocenters. The van der Waals surface area contributed by atoms with Crippen LogP contribution in [-0.2, 0) is 11.3 Å². The van der Waals surface area contributed by atoms with E-state index in [0.717, 1.165) is 25.0 Å². The second-order valence-electron chi connectivity index (χ2n) is 6.14. The summed E-state index contributed by atoms with van der Waals surface area (Å²) in [6.45, 7) is 3.02. The molecule has 3 nitrogen and oxygen atoms in total. The molecular weight excluding hydrogens is 270 g/mol. The Morgan fingerprint density at radius 2 is 2.25 bits per heavy atom. The molecule has 2 aliphatic rings. The zero-order chi connectivity index (χ0) is 13.8. The third kappa shape index (κ3) is 3.61. The van der Waals surface area contributed by atoms with Crippen LogP contribution in [0.5, 0.6) is 0 Å². The van der Waals surface area contributed by atoms with Crippen molar-refractivity contribution in [3.63, 3.8) is 0 Å². The minimum atomic E-state index is -0.351. The molecule has 2 fully saturated rings. The first-order chi connectivity index (χ1) is 9.83. The summed E-state index contributed by atoms with van der Waals surface area (Å²) in [4.78, 5) is 3.73. The molecule has 3 rings (SSSR count). The van der Waals surface area contributed by atoms with E-state index in [9.17, 15) is 5.11 Å². The molecular formula is C16H25NO2S. The number of nitrogens with zero attached hydrogens (tertiary/aromatic N) is 1. The third-order valence-corrected chi connectivity index (χ3v) is 5.54. The Morgan fingerprint density at radius 1 is 1.35 bits per heavy atom. The first-order valence-corrected chi connectivity index (χ1v) is 8.73. The number of likely N-dealkylation sites (tertiary alicyclic amines) is 1. The molecule has 0 radical (unpaired) electrons. The summed E-state index contributed by atoms with van der Waals surface area (Å²) in [5, 5.41) is 12.2. The van der Waals surface area contributed by atoms with Gasteiger partial charge < -0.3 is 9.84 Å². The second kappa shape index (κ2) is 7.03. The van der Waals surface area contributed by atoms with Gasteiger partial charge in [0, 0.05) is 17.5 Å². The molecule has 1 aliphatic carbocycles. The van der Waals surface area contributed by atoms with Gasteiger partial charge in [0.15, 0.2) is 0 Å². The van der Waals surface area contributed by atoms with Gasteiger partial charge in [-0.05, 0) is 49.6 Å². The lowest BCUT2D eigenvalue weighted by Crippen LogP contribution is -2.43. The van der Waals surface area contributed by atoms with Crippen LogP contribution in [0, 0.1) is 5.92 Å². The Kier molecular flexibility index (Phi) is 5.10. The summed E-state index contributed by atoms with van der Waals surface area (Å²) in [7, 11) is 0. The molecule has 0 amide bonds. The second-order valence-corrected chi connectivity index (χ2v) is 7.18. The van der Waals surface area contributed by atoms with E-state index < -0.39 is 0 Å². The highest BCUT2D eigenvalue weighted by molar-refractivity contribution is 7.09. The Morgan fingerprint density at radius 3 is 2.95 bits per heavy atom. The maximum absolute atomic E-state index is 10.2. The topological polar surface area (TPSA) is 32.7 Å². The Labute approximate surface area is 125 Å². The minimum absolute atomic E-state index is 0.351. The van der Waals surface area contributed by atoms with E-state index in [0.29, 0.717) is 13.2 Å². The molecule has 1 N–H and O–H groups in total. The maximum atomic E-state index is 10.2. The lowest BCUT2D eigenvalue weighted by atomic mass is 9.79. The molecule has 0 spiro atoms. The van der Waals surface area contributed by atoms with Crippen LogP contribution in [0.4, 0.5) is 0 Å². The smallest absolute Gasteiger partial charge is 0.0900 e. The monoisotopic (exact) mass is 295 g/mol. The van der Waals surface area contributed by atoms with E-state index in [1.807, 2.05) is 6.07 Å². The largest absolute Gasteiger partial charge is 0.389 e. The molecule has 1 saturated heterocycles. The average Bonchev–Trinajstić information content (AvgIpc) is 3.00. The zero-order valence-corrected chi connectivity index (χ0v) is 12.9. The SMILES string of the molecule is OC(COCc1cccs1)CN1CCCC1C1CCC1. The van der Waals surface area contributed by atoms with Gasteiger partial charge in [-0.15, -0.1) is 11.3 Å². The summed E-state index contributed by atoms with van der Waals surface area (Å²) >= 11 is 1.71. The van der Waals surface area contributed by atoms with Gasteiger partial charge in [-0.25, -0.2) is 0 Å². The van der Waals surface area contributed by atoms with E-state index in [2.05, 4.69) is 16.3 Å². The highest BCUT2D eigenvalue weighted by Crippen LogP contribution is 2.37. The minimum Gasteiger partial charge on any atom is -0.389 e. The average molecular weight is 295 g/mol. The number of aliphatic hydroxyl groups excluding tert-OH is 1. The van der Waals surface area contributed by atoms with Crippen LogP contribution in [0.1, 0.15) is 37.0 Å². The predicted octanol–water partition coefficient (Wildman–Crippen LogP) is 2.89. The lowest BCUT2D eigenvalue weighted by Gasteiger charge is -2.37. The molecule has 1 aliphatic heterocycles. The first kappa shape index (κ1) is 14.5. The molecule has 0 bridgehead atoms. The quantitative estimate of drug-likeness (QED) is 0.839. The molecule has 0 aromatic carbocycles. The number of β-amino-alcohol motifs (C(OH)–C–C–N with tert-alkyl or cyclic N) is 1. The van der Waals surface area contributed by atoms with Crippen molar-refractivity contribution < 1.29 is 9.84 Å². The number of thiophene rings is 1. The van der Waals surface area contributed by atoms with E-state index in [4.69, 9.17) is 4.74 Å². The Bertz CT molecular complexity index is 391. The Hall–Kier alpha value is -0.420. The molecule has 20 heavy (non-hydrogen) atoms. The first-order valence-electron chi connectivity index (χ1n) is 7.85. The van der Waals surface area contributed by atoms with Crippen molar-refractivity contribution in [2.75, 3.05) is 19.7 Å². The van der Waals surface area contributed by atoms with Crippen molar-refractivity contribution >= 4 is 11.3 Å². The lowest BCUT2D eigenvalue weighted by molar-refractivity contribution is 0.000513. The van der Waals surface area contributed by atoms with Crippen molar-refractivity contribution in [2.24, 2.45) is 5.92 Å². The fourth-order valence-corrected chi connectivity index (χ4v) is 4.09. The summed E-state index contributed by atoms with van der Waals surface area (Å²) in [6.07, 6.45) is 6.47. The van der Waals surface area contributed by atoms with Crippen LogP contribution in [0.3, 0.4) is 0 Å². The van der Waals surface area contributed by atoms with Crippen molar-refractivity contribution in [2.45, 2.75) is 50.9 Å². The van der Waals surface area contributed by atoms with Crippen LogP contribution in [0.25, 0.3) is 0 Å². The highest BCUT2D eigenvalue weighted by Gasteiger charge is 2.35. The summed E-state index contributed by atoms with van der Waals surface area (Å²) in [5.74, 6) is 0.900. The van der Waals surface area contributed by atoms with Gasteiger partial charge in [0.1, 0.15) is 0 Å². The van der Waals surface area contributed by atoms with E-state index >= 15 is 0 Å². The van der Waals surface area contributed by atoms with Gasteiger partial charge in [0.25, 0.3) is 0 Å². The van der Waals surface area contributed by atoms with Crippen molar-refractivity contribution in [1.82, 2.24) is 4.90 Å². The number of ether oxygens (including phenoxy) is 1. The van der Waals surface area contributed by atoms with Gasteiger partial charge in [-0.1, -0.05) is 12.5 Å². The predicted molar refractivity (Wildman–Crippen MR) is 81.9 cm³/mol. The van der Waals surface area contributed by atoms with E-state index in [-0.39, 0.29) is 6.10 Å². The molecule has 1 saturated carbocycles. The van der Waals surface area contributed by atoms with Gasteiger partial charge in [0.05, 0.1) is 19.3 Å². The summed E-state index contributed by atoms with van der Waals surface area (Å²) < 4.78 is 5.62. The fourth-order valence-electron chi connectivity index (χ4n) is 3.45. The van der Waals surface area contributed by atoms with Crippen LogP contribution < -0.4 is 0 Å². The Balaban J connectivity index is 1.38. The molecule has 2 unspecified atom stereocenters. The number of hydrogen-bond acceptors (Lipinski definition) is 4. The number of hydrogen-bond donors (Lipinski definition) is 1. The van der Waals surface area contributed by atoms with Crippen LogP contribution >= 0.6 is 11.3 Å². The van der Waals surface area contributed by atoms with Crippen LogP contribution in [-0.4, -0.2) is 41.8 Å². The van der Waals surface area contributed by atoms with Crippen LogP contribution in [0.2, 0.25) is 0 Å². The molecule has 4 heteroatoms. The van der Waals surface area contributed by atoms with Gasteiger partial charge in [-0.2, -0.15) is 0 Å². The van der Waals surface area contributed by atoms with Crippen molar-refractivity contribution in [3.8, 4) is 0 Å². The standard InChI is InChI=1S/C16H25NO2S/c18-14(11-19-12-15-6-3-9-20-15)10-17-8-2-7-16(17)13-4-1-5-13/h3,6,9,13-14,16,18H,1-2,4-5,7-8,10-12H2. The van der Waals surface area contributed by atoms with Gasteiger partial charge >= 0.3 is 0 Å². The van der Waals surface area contributed by atoms with Gasteiger partial charge in [-0.3, -0.25) is 4.90 Å². The zero-order valence-electron chi connectivity index (χ0n) is 12.0.